The topological polar surface area (TPSA) is 58.3 Å². The molecule has 0 spiro atoms. The molecule has 1 aliphatic rings. The van der Waals surface area contributed by atoms with Gasteiger partial charge in [0.05, 0.1) is 0 Å². The molecule has 2 aromatic rings. The van der Waals surface area contributed by atoms with E-state index in [1.165, 1.54) is 0 Å². The Morgan fingerprint density at radius 2 is 1.68 bits per heavy atom. The van der Waals surface area contributed by atoms with Gasteiger partial charge in [0.25, 0.3) is 0 Å². The van der Waals surface area contributed by atoms with Crippen LogP contribution in [-0.4, -0.2) is 36.1 Å². The first kappa shape index (κ1) is 11.8. The maximum atomic E-state index is 5.73. The number of nitrogens with two attached hydrogens (primary N) is 1. The zero-order valence-corrected chi connectivity index (χ0v) is 10.7. The molecule has 98 valence electrons. The highest BCUT2D eigenvalue weighted by Crippen LogP contribution is 2.19. The smallest absolute Gasteiger partial charge is 0.128 e. The van der Waals surface area contributed by atoms with Crippen molar-refractivity contribution in [3.05, 3.63) is 42.7 Å². The molecule has 0 radical (unpaired) electrons. The fraction of sp³-hybridized carbons (Fsp3) is 0.286. The molecule has 1 saturated heterocycles. The van der Waals surface area contributed by atoms with Crippen molar-refractivity contribution in [1.29, 1.82) is 0 Å². The molecule has 0 bridgehead atoms. The number of nitrogens with zero attached hydrogens (tertiary/aromatic N) is 4. The lowest BCUT2D eigenvalue weighted by atomic mass is 10.2. The maximum Gasteiger partial charge on any atom is 0.128 e. The molecule has 1 aliphatic heterocycles. The van der Waals surface area contributed by atoms with Crippen LogP contribution in [0.4, 0.5) is 17.3 Å². The predicted molar refractivity (Wildman–Crippen MR) is 77.3 cm³/mol. The lowest BCUT2D eigenvalue weighted by Crippen LogP contribution is -2.46. The van der Waals surface area contributed by atoms with Crippen LogP contribution in [0.3, 0.4) is 0 Å². The quantitative estimate of drug-likeness (QED) is 0.878. The van der Waals surface area contributed by atoms with Crippen molar-refractivity contribution in [2.45, 2.75) is 0 Å². The van der Waals surface area contributed by atoms with Gasteiger partial charge < -0.3 is 15.5 Å². The third-order valence-electron chi connectivity index (χ3n) is 3.38. The van der Waals surface area contributed by atoms with E-state index in [4.69, 9.17) is 5.73 Å². The van der Waals surface area contributed by atoms with Crippen molar-refractivity contribution in [2.75, 3.05) is 41.7 Å². The summed E-state index contributed by atoms with van der Waals surface area (Å²) in [5.41, 5.74) is 6.87. The van der Waals surface area contributed by atoms with E-state index in [2.05, 4.69) is 25.8 Å². The summed E-state index contributed by atoms with van der Waals surface area (Å²) in [5, 5.41) is 0. The largest absolute Gasteiger partial charge is 0.384 e. The Balaban J connectivity index is 1.67. The van der Waals surface area contributed by atoms with E-state index in [0.29, 0.717) is 5.82 Å². The van der Waals surface area contributed by atoms with Crippen LogP contribution in [0, 0.1) is 0 Å². The summed E-state index contributed by atoms with van der Waals surface area (Å²) in [4.78, 5) is 13.1. The van der Waals surface area contributed by atoms with Crippen molar-refractivity contribution < 1.29 is 0 Å². The molecular weight excluding hydrogens is 238 g/mol. The van der Waals surface area contributed by atoms with E-state index >= 15 is 0 Å². The molecule has 5 heteroatoms. The number of piperazine rings is 1. The molecule has 0 saturated carbocycles. The van der Waals surface area contributed by atoms with Crippen LogP contribution in [0.5, 0.6) is 0 Å². The number of nitrogen functional groups attached to an aromatic ring is 1. The molecule has 0 amide bonds. The lowest BCUT2D eigenvalue weighted by Gasteiger charge is -2.36. The van der Waals surface area contributed by atoms with E-state index in [9.17, 15) is 0 Å². The first-order valence-electron chi connectivity index (χ1n) is 6.45. The monoisotopic (exact) mass is 255 g/mol. The summed E-state index contributed by atoms with van der Waals surface area (Å²) < 4.78 is 0. The number of pyridine rings is 2. The van der Waals surface area contributed by atoms with E-state index in [-0.39, 0.29) is 0 Å². The van der Waals surface area contributed by atoms with Crippen molar-refractivity contribution >= 4 is 17.3 Å². The van der Waals surface area contributed by atoms with Crippen molar-refractivity contribution in [1.82, 2.24) is 9.97 Å². The molecule has 2 aromatic heterocycles. The molecule has 2 N–H and O–H groups in total. The molecule has 0 aromatic carbocycles. The van der Waals surface area contributed by atoms with Gasteiger partial charge >= 0.3 is 0 Å². The minimum absolute atomic E-state index is 0.574. The molecule has 0 aliphatic carbocycles. The summed E-state index contributed by atoms with van der Waals surface area (Å²) in [6.07, 6.45) is 3.60. The van der Waals surface area contributed by atoms with Crippen LogP contribution < -0.4 is 15.5 Å². The van der Waals surface area contributed by atoms with E-state index in [1.54, 1.807) is 6.20 Å². The van der Waals surface area contributed by atoms with Crippen LogP contribution in [0.2, 0.25) is 0 Å². The molecule has 5 nitrogen and oxygen atoms in total. The Labute approximate surface area is 112 Å². The summed E-state index contributed by atoms with van der Waals surface area (Å²) in [6, 6.07) is 9.96. The minimum Gasteiger partial charge on any atom is -0.384 e. The molecule has 0 atom stereocenters. The number of anilines is 3. The van der Waals surface area contributed by atoms with Gasteiger partial charge in [-0.05, 0) is 18.2 Å². The molecule has 0 unspecified atom stereocenters. The van der Waals surface area contributed by atoms with Crippen molar-refractivity contribution in [3.8, 4) is 0 Å². The summed E-state index contributed by atoms with van der Waals surface area (Å²) >= 11 is 0. The van der Waals surface area contributed by atoms with Gasteiger partial charge in [0.2, 0.25) is 0 Å². The fourth-order valence-corrected chi connectivity index (χ4v) is 2.37. The van der Waals surface area contributed by atoms with Gasteiger partial charge in [-0.1, -0.05) is 6.07 Å². The third kappa shape index (κ3) is 2.59. The first-order valence-corrected chi connectivity index (χ1v) is 6.45. The first-order chi connectivity index (χ1) is 9.33. The second-order valence-electron chi connectivity index (χ2n) is 4.60. The number of rotatable bonds is 2. The fourth-order valence-electron chi connectivity index (χ4n) is 2.37. The van der Waals surface area contributed by atoms with Gasteiger partial charge in [-0.25, -0.2) is 9.97 Å². The molecular formula is C14H17N5. The predicted octanol–water partition coefficient (Wildman–Crippen LogP) is 1.39. The van der Waals surface area contributed by atoms with E-state index in [1.807, 2.05) is 30.5 Å². The average molecular weight is 255 g/mol. The number of hydrogen-bond donors (Lipinski definition) is 1. The zero-order valence-electron chi connectivity index (χ0n) is 10.7. The second-order valence-corrected chi connectivity index (χ2v) is 4.60. The highest BCUT2D eigenvalue weighted by molar-refractivity contribution is 5.53. The van der Waals surface area contributed by atoms with E-state index in [0.717, 1.165) is 37.7 Å². The third-order valence-corrected chi connectivity index (χ3v) is 3.38. The Hall–Kier alpha value is -2.30. The number of hydrogen-bond acceptors (Lipinski definition) is 5. The van der Waals surface area contributed by atoms with Gasteiger partial charge in [0.1, 0.15) is 11.6 Å². The van der Waals surface area contributed by atoms with E-state index < -0.39 is 0 Å². The average Bonchev–Trinajstić information content (AvgIpc) is 2.48. The van der Waals surface area contributed by atoms with Crippen LogP contribution in [0.15, 0.2) is 42.7 Å². The second kappa shape index (κ2) is 5.14. The summed E-state index contributed by atoms with van der Waals surface area (Å²) in [6.45, 7) is 3.89. The van der Waals surface area contributed by atoms with Crippen molar-refractivity contribution in [2.24, 2.45) is 0 Å². The highest BCUT2D eigenvalue weighted by Gasteiger charge is 2.18. The van der Waals surface area contributed by atoms with Crippen LogP contribution in [-0.2, 0) is 0 Å². The maximum absolute atomic E-state index is 5.73. The molecule has 1 fully saturated rings. The van der Waals surface area contributed by atoms with Crippen LogP contribution in [0.1, 0.15) is 0 Å². The van der Waals surface area contributed by atoms with Gasteiger partial charge in [-0.2, -0.15) is 0 Å². The van der Waals surface area contributed by atoms with Gasteiger partial charge in [0, 0.05) is 50.3 Å². The summed E-state index contributed by atoms with van der Waals surface area (Å²) in [5.74, 6) is 1.63. The normalized spacial score (nSPS) is 15.6. The highest BCUT2D eigenvalue weighted by atomic mass is 15.3. The Kier molecular flexibility index (Phi) is 3.18. The van der Waals surface area contributed by atoms with Crippen LogP contribution in [0.25, 0.3) is 0 Å². The Morgan fingerprint density at radius 3 is 2.37 bits per heavy atom. The van der Waals surface area contributed by atoms with Gasteiger partial charge in [-0.3, -0.25) is 0 Å². The Morgan fingerprint density at radius 1 is 0.895 bits per heavy atom. The molecule has 3 rings (SSSR count). The SMILES string of the molecule is Nc1cc(N2CCN(c3ccccn3)CC2)ccn1. The van der Waals surface area contributed by atoms with Crippen molar-refractivity contribution in [3.63, 3.8) is 0 Å². The molecule has 19 heavy (non-hydrogen) atoms. The summed E-state index contributed by atoms with van der Waals surface area (Å²) in [7, 11) is 0. The van der Waals surface area contributed by atoms with Crippen LogP contribution >= 0.6 is 0 Å². The number of aromatic nitrogens is 2. The molecule has 3 heterocycles. The lowest BCUT2D eigenvalue weighted by molar-refractivity contribution is 0.647. The van der Waals surface area contributed by atoms with Gasteiger partial charge in [0.15, 0.2) is 0 Å². The minimum atomic E-state index is 0.574. The standard InChI is InChI=1S/C14H17N5/c15-13-11-12(4-6-16-13)18-7-9-19(10-8-18)14-3-1-2-5-17-14/h1-6,11H,7-10H2,(H2,15,16). The zero-order chi connectivity index (χ0) is 13.1. The van der Waals surface area contributed by atoms with Gasteiger partial charge in [-0.15, -0.1) is 0 Å². The Bertz CT molecular complexity index is 535.